The second-order valence-electron chi connectivity index (χ2n) is 7.03. The van der Waals surface area contributed by atoms with Gasteiger partial charge in [-0.3, -0.25) is 4.79 Å². The lowest BCUT2D eigenvalue weighted by atomic mass is 10.1. The van der Waals surface area contributed by atoms with E-state index in [0.717, 1.165) is 38.5 Å². The number of carbonyl (C=O) groups is 1. The Morgan fingerprint density at radius 3 is 2.48 bits per heavy atom. The van der Waals surface area contributed by atoms with Gasteiger partial charge >= 0.3 is 0 Å². The van der Waals surface area contributed by atoms with Crippen LogP contribution in [0.5, 0.6) is 0 Å². The molecule has 1 aliphatic heterocycles. The number of fused-ring (bicyclic) bond motifs is 1. The number of sulfonamides is 1. The van der Waals surface area contributed by atoms with Crippen molar-refractivity contribution in [2.45, 2.75) is 56.8 Å². The summed E-state index contributed by atoms with van der Waals surface area (Å²) in [6, 6.07) is 5.55. The molecule has 1 aromatic carbocycles. The van der Waals surface area contributed by atoms with E-state index in [4.69, 9.17) is 0 Å². The van der Waals surface area contributed by atoms with E-state index in [1.54, 1.807) is 6.07 Å². The molecule has 0 radical (unpaired) electrons. The van der Waals surface area contributed by atoms with E-state index in [0.29, 0.717) is 37.5 Å². The zero-order valence-electron chi connectivity index (χ0n) is 15.0. The Bertz CT molecular complexity index is 722. The van der Waals surface area contributed by atoms with Gasteiger partial charge in [-0.15, -0.1) is 0 Å². The first-order valence-corrected chi connectivity index (χ1v) is 10.9. The molecule has 138 valence electrons. The number of carbonyl (C=O) groups excluding carboxylic acids is 1. The number of nitrogens with zero attached hydrogens (tertiary/aromatic N) is 2. The lowest BCUT2D eigenvalue weighted by Gasteiger charge is -2.34. The van der Waals surface area contributed by atoms with Gasteiger partial charge in [-0.05, 0) is 48.9 Å². The van der Waals surface area contributed by atoms with Crippen molar-refractivity contribution in [3.8, 4) is 0 Å². The fourth-order valence-electron chi connectivity index (χ4n) is 3.72. The number of amides is 1. The topological polar surface area (TPSA) is 57.7 Å². The Kier molecular flexibility index (Phi) is 5.79. The second-order valence-corrected chi connectivity index (χ2v) is 8.96. The first kappa shape index (κ1) is 18.4. The number of benzene rings is 1. The number of rotatable bonds is 6. The lowest BCUT2D eigenvalue weighted by Crippen LogP contribution is -2.50. The highest BCUT2D eigenvalue weighted by molar-refractivity contribution is 7.89. The SMILES string of the molecule is CCCCCC(=O)N1CCN(S(=O)(=O)c2ccc3c(c2)CCC3)CC1. The summed E-state index contributed by atoms with van der Waals surface area (Å²) in [7, 11) is -3.46. The zero-order valence-corrected chi connectivity index (χ0v) is 15.9. The Morgan fingerprint density at radius 1 is 1.04 bits per heavy atom. The highest BCUT2D eigenvalue weighted by Gasteiger charge is 2.30. The van der Waals surface area contributed by atoms with Crippen LogP contribution in [0.25, 0.3) is 0 Å². The monoisotopic (exact) mass is 364 g/mol. The van der Waals surface area contributed by atoms with Crippen LogP contribution >= 0.6 is 0 Å². The number of hydrogen-bond acceptors (Lipinski definition) is 3. The lowest BCUT2D eigenvalue weighted by molar-refractivity contribution is -0.132. The average Bonchev–Trinajstić information content (AvgIpc) is 3.09. The molecule has 0 spiro atoms. The number of hydrogen-bond donors (Lipinski definition) is 0. The van der Waals surface area contributed by atoms with Crippen molar-refractivity contribution in [2.24, 2.45) is 0 Å². The summed E-state index contributed by atoms with van der Waals surface area (Å²) in [4.78, 5) is 14.4. The summed E-state index contributed by atoms with van der Waals surface area (Å²) in [5, 5.41) is 0. The number of aryl methyl sites for hydroxylation is 2. The molecule has 1 amide bonds. The molecule has 0 atom stereocenters. The molecule has 1 saturated heterocycles. The normalized spacial score (nSPS) is 18.4. The van der Waals surface area contributed by atoms with Crippen LogP contribution in [-0.4, -0.2) is 49.7 Å². The molecule has 1 fully saturated rings. The van der Waals surface area contributed by atoms with Crippen LogP contribution in [0, 0.1) is 0 Å². The molecule has 1 aliphatic carbocycles. The van der Waals surface area contributed by atoms with Gasteiger partial charge in [0.2, 0.25) is 15.9 Å². The molecule has 2 aliphatic rings. The summed E-state index contributed by atoms with van der Waals surface area (Å²) >= 11 is 0. The van der Waals surface area contributed by atoms with Gasteiger partial charge in [0.15, 0.2) is 0 Å². The van der Waals surface area contributed by atoms with Crippen LogP contribution in [0.1, 0.15) is 50.2 Å². The Balaban J connectivity index is 1.61. The van der Waals surface area contributed by atoms with Crippen molar-refractivity contribution in [3.63, 3.8) is 0 Å². The minimum absolute atomic E-state index is 0.156. The molecule has 1 heterocycles. The van der Waals surface area contributed by atoms with Crippen LogP contribution in [-0.2, 0) is 27.7 Å². The van der Waals surface area contributed by atoms with E-state index in [1.165, 1.54) is 15.4 Å². The summed E-state index contributed by atoms with van der Waals surface area (Å²) < 4.78 is 27.3. The first-order valence-electron chi connectivity index (χ1n) is 9.42. The maximum Gasteiger partial charge on any atom is 0.243 e. The maximum atomic E-state index is 12.9. The molecule has 0 unspecified atom stereocenters. The molecule has 25 heavy (non-hydrogen) atoms. The van der Waals surface area contributed by atoms with Gasteiger partial charge in [0.05, 0.1) is 4.90 Å². The number of unbranched alkanes of at least 4 members (excludes halogenated alkanes) is 2. The third kappa shape index (κ3) is 4.06. The molecular formula is C19H28N2O3S. The van der Waals surface area contributed by atoms with Gasteiger partial charge in [-0.25, -0.2) is 8.42 Å². The van der Waals surface area contributed by atoms with Crippen LogP contribution in [0.4, 0.5) is 0 Å². The van der Waals surface area contributed by atoms with E-state index < -0.39 is 10.0 Å². The third-order valence-corrected chi connectivity index (χ3v) is 7.19. The van der Waals surface area contributed by atoms with Gasteiger partial charge in [0.25, 0.3) is 0 Å². The van der Waals surface area contributed by atoms with Gasteiger partial charge in [0, 0.05) is 32.6 Å². The molecular weight excluding hydrogens is 336 g/mol. The Labute approximate surface area is 151 Å². The highest BCUT2D eigenvalue weighted by atomic mass is 32.2. The van der Waals surface area contributed by atoms with Crippen LogP contribution in [0.2, 0.25) is 0 Å². The summed E-state index contributed by atoms with van der Waals surface area (Å²) in [6.45, 7) is 3.88. The highest BCUT2D eigenvalue weighted by Crippen LogP contribution is 2.26. The Hall–Kier alpha value is -1.40. The minimum Gasteiger partial charge on any atom is -0.340 e. The standard InChI is InChI=1S/C19H28N2O3S/c1-2-3-4-8-19(22)20-11-13-21(14-12-20)25(23,24)18-10-9-16-6-5-7-17(16)15-18/h9-10,15H,2-8,11-14H2,1H3. The molecule has 3 rings (SSSR count). The maximum absolute atomic E-state index is 12.9. The van der Waals surface area contributed by atoms with Crippen LogP contribution < -0.4 is 0 Å². The van der Waals surface area contributed by atoms with Crippen LogP contribution in [0.3, 0.4) is 0 Å². The predicted molar refractivity (Wildman–Crippen MR) is 97.9 cm³/mol. The molecule has 0 N–H and O–H groups in total. The first-order chi connectivity index (χ1) is 12.0. The van der Waals surface area contributed by atoms with Crippen molar-refractivity contribution in [1.29, 1.82) is 0 Å². The van der Waals surface area contributed by atoms with Gasteiger partial charge in [-0.1, -0.05) is 25.8 Å². The van der Waals surface area contributed by atoms with Crippen molar-refractivity contribution >= 4 is 15.9 Å². The van der Waals surface area contributed by atoms with Crippen molar-refractivity contribution in [2.75, 3.05) is 26.2 Å². The molecule has 0 aromatic heterocycles. The van der Waals surface area contributed by atoms with Gasteiger partial charge in [0.1, 0.15) is 0 Å². The van der Waals surface area contributed by atoms with E-state index in [9.17, 15) is 13.2 Å². The summed E-state index contributed by atoms with van der Waals surface area (Å²) in [5.41, 5.74) is 2.45. The Morgan fingerprint density at radius 2 is 1.76 bits per heavy atom. The molecule has 6 heteroatoms. The zero-order chi connectivity index (χ0) is 17.9. The van der Waals surface area contributed by atoms with Crippen LogP contribution in [0.15, 0.2) is 23.1 Å². The van der Waals surface area contributed by atoms with E-state index in [2.05, 4.69) is 6.92 Å². The minimum atomic E-state index is -3.46. The predicted octanol–water partition coefficient (Wildman–Crippen LogP) is 2.59. The largest absolute Gasteiger partial charge is 0.340 e. The van der Waals surface area contributed by atoms with E-state index in [1.807, 2.05) is 17.0 Å². The summed E-state index contributed by atoms with van der Waals surface area (Å²) in [6.07, 6.45) is 6.79. The smallest absolute Gasteiger partial charge is 0.243 e. The van der Waals surface area contributed by atoms with Crippen molar-refractivity contribution < 1.29 is 13.2 Å². The van der Waals surface area contributed by atoms with E-state index in [-0.39, 0.29) is 5.91 Å². The van der Waals surface area contributed by atoms with Gasteiger partial charge in [-0.2, -0.15) is 4.31 Å². The fourth-order valence-corrected chi connectivity index (χ4v) is 5.19. The van der Waals surface area contributed by atoms with E-state index >= 15 is 0 Å². The van der Waals surface area contributed by atoms with Crippen molar-refractivity contribution in [1.82, 2.24) is 9.21 Å². The molecule has 0 saturated carbocycles. The number of piperazine rings is 1. The average molecular weight is 365 g/mol. The second kappa shape index (κ2) is 7.87. The summed E-state index contributed by atoms with van der Waals surface area (Å²) in [5.74, 6) is 0.156. The molecule has 5 nitrogen and oxygen atoms in total. The van der Waals surface area contributed by atoms with Crippen molar-refractivity contribution in [3.05, 3.63) is 29.3 Å². The van der Waals surface area contributed by atoms with Gasteiger partial charge < -0.3 is 4.90 Å². The fraction of sp³-hybridized carbons (Fsp3) is 0.632. The quantitative estimate of drug-likeness (QED) is 0.729. The molecule has 1 aromatic rings. The molecule has 0 bridgehead atoms. The third-order valence-electron chi connectivity index (χ3n) is 5.29.